The summed E-state index contributed by atoms with van der Waals surface area (Å²) in [7, 11) is 1.55. The second kappa shape index (κ2) is 5.64. The molecule has 5 nitrogen and oxygen atoms in total. The standard InChI is InChI=1S/C13H12N4O/c1-18-13-6-5-12(16-17-13)9-15-11-4-2-3-10(7-11)8-14/h2-7,15H,9H2,1H3. The fraction of sp³-hybridized carbons (Fsp3) is 0.154. The number of nitrogens with zero attached hydrogens (tertiary/aromatic N) is 3. The fourth-order valence-corrected chi connectivity index (χ4v) is 1.44. The van der Waals surface area contributed by atoms with Crippen molar-refractivity contribution in [1.29, 1.82) is 5.26 Å². The molecule has 18 heavy (non-hydrogen) atoms. The summed E-state index contributed by atoms with van der Waals surface area (Å²) >= 11 is 0. The van der Waals surface area contributed by atoms with Crippen molar-refractivity contribution >= 4 is 5.69 Å². The van der Waals surface area contributed by atoms with E-state index in [1.165, 1.54) is 0 Å². The quantitative estimate of drug-likeness (QED) is 0.884. The van der Waals surface area contributed by atoms with Crippen molar-refractivity contribution < 1.29 is 4.74 Å². The van der Waals surface area contributed by atoms with E-state index in [-0.39, 0.29) is 0 Å². The SMILES string of the molecule is COc1ccc(CNc2cccc(C#N)c2)nn1. The second-order valence-corrected chi connectivity index (χ2v) is 3.61. The number of rotatable bonds is 4. The van der Waals surface area contributed by atoms with Gasteiger partial charge in [0.15, 0.2) is 0 Å². The Morgan fingerprint density at radius 1 is 1.28 bits per heavy atom. The van der Waals surface area contributed by atoms with Crippen LogP contribution >= 0.6 is 0 Å². The minimum Gasteiger partial charge on any atom is -0.480 e. The fourth-order valence-electron chi connectivity index (χ4n) is 1.44. The van der Waals surface area contributed by atoms with Crippen molar-refractivity contribution in [3.63, 3.8) is 0 Å². The summed E-state index contributed by atoms with van der Waals surface area (Å²) in [6.07, 6.45) is 0. The number of anilines is 1. The van der Waals surface area contributed by atoms with Gasteiger partial charge in [0.1, 0.15) is 0 Å². The van der Waals surface area contributed by atoms with Crippen LogP contribution in [0.2, 0.25) is 0 Å². The zero-order chi connectivity index (χ0) is 12.8. The summed E-state index contributed by atoms with van der Waals surface area (Å²) in [5.74, 6) is 0.491. The van der Waals surface area contributed by atoms with Gasteiger partial charge in [-0.15, -0.1) is 5.10 Å². The van der Waals surface area contributed by atoms with E-state index < -0.39 is 0 Å². The molecule has 1 aromatic heterocycles. The molecule has 0 atom stereocenters. The van der Waals surface area contributed by atoms with Gasteiger partial charge in [0.2, 0.25) is 5.88 Å². The number of hydrogen-bond acceptors (Lipinski definition) is 5. The topological polar surface area (TPSA) is 70.8 Å². The Hall–Kier alpha value is -2.61. The molecule has 0 saturated heterocycles. The highest BCUT2D eigenvalue weighted by Crippen LogP contribution is 2.11. The van der Waals surface area contributed by atoms with Gasteiger partial charge in [-0.3, -0.25) is 0 Å². The van der Waals surface area contributed by atoms with Crippen molar-refractivity contribution in [3.8, 4) is 11.9 Å². The average Bonchev–Trinajstić information content (AvgIpc) is 2.46. The van der Waals surface area contributed by atoms with E-state index >= 15 is 0 Å². The van der Waals surface area contributed by atoms with E-state index in [9.17, 15) is 0 Å². The highest BCUT2D eigenvalue weighted by Gasteiger charge is 1.99. The van der Waals surface area contributed by atoms with E-state index in [1.807, 2.05) is 18.2 Å². The van der Waals surface area contributed by atoms with E-state index in [0.717, 1.165) is 11.4 Å². The molecule has 0 saturated carbocycles. The van der Waals surface area contributed by atoms with Crippen molar-refractivity contribution in [2.24, 2.45) is 0 Å². The van der Waals surface area contributed by atoms with Crippen molar-refractivity contribution in [3.05, 3.63) is 47.7 Å². The molecule has 0 aliphatic carbocycles. The Balaban J connectivity index is 2.00. The maximum Gasteiger partial charge on any atom is 0.233 e. The number of hydrogen-bond donors (Lipinski definition) is 1. The van der Waals surface area contributed by atoms with Crippen LogP contribution in [0.25, 0.3) is 0 Å². The van der Waals surface area contributed by atoms with Gasteiger partial charge in [-0.1, -0.05) is 6.07 Å². The Kier molecular flexibility index (Phi) is 3.72. The van der Waals surface area contributed by atoms with Gasteiger partial charge >= 0.3 is 0 Å². The number of methoxy groups -OCH3 is 1. The van der Waals surface area contributed by atoms with E-state index in [0.29, 0.717) is 18.0 Å². The molecule has 5 heteroatoms. The minimum absolute atomic E-state index is 0.491. The van der Waals surface area contributed by atoms with Crippen LogP contribution in [0.3, 0.4) is 0 Å². The Labute approximate surface area is 105 Å². The molecule has 0 radical (unpaired) electrons. The first-order chi connectivity index (χ1) is 8.81. The van der Waals surface area contributed by atoms with Crippen LogP contribution in [0.4, 0.5) is 5.69 Å². The normalized spacial score (nSPS) is 9.56. The summed E-state index contributed by atoms with van der Waals surface area (Å²) in [4.78, 5) is 0. The molecule has 2 aromatic rings. The van der Waals surface area contributed by atoms with Crippen molar-refractivity contribution in [2.45, 2.75) is 6.54 Å². The maximum absolute atomic E-state index is 8.79. The molecule has 0 unspecified atom stereocenters. The molecular formula is C13H12N4O. The smallest absolute Gasteiger partial charge is 0.233 e. The van der Waals surface area contributed by atoms with Gasteiger partial charge in [-0.2, -0.15) is 10.4 Å². The zero-order valence-electron chi connectivity index (χ0n) is 9.92. The van der Waals surface area contributed by atoms with Crippen molar-refractivity contribution in [2.75, 3.05) is 12.4 Å². The molecule has 2 rings (SSSR count). The Bertz CT molecular complexity index is 560. The lowest BCUT2D eigenvalue weighted by Crippen LogP contribution is -2.03. The van der Waals surface area contributed by atoms with Crippen LogP contribution in [0.1, 0.15) is 11.3 Å². The predicted molar refractivity (Wildman–Crippen MR) is 67.1 cm³/mol. The van der Waals surface area contributed by atoms with Gasteiger partial charge in [-0.05, 0) is 24.3 Å². The van der Waals surface area contributed by atoms with E-state index in [4.69, 9.17) is 10.00 Å². The summed E-state index contributed by atoms with van der Waals surface area (Å²) in [5, 5.41) is 19.9. The van der Waals surface area contributed by atoms with Gasteiger partial charge in [0.05, 0.1) is 31.0 Å². The summed E-state index contributed by atoms with van der Waals surface area (Å²) in [6, 6.07) is 13.0. The lowest BCUT2D eigenvalue weighted by Gasteiger charge is -2.06. The largest absolute Gasteiger partial charge is 0.480 e. The van der Waals surface area contributed by atoms with Gasteiger partial charge in [-0.25, -0.2) is 0 Å². The third kappa shape index (κ3) is 2.95. The number of ether oxygens (including phenoxy) is 1. The van der Waals surface area contributed by atoms with Crippen molar-refractivity contribution in [1.82, 2.24) is 10.2 Å². The minimum atomic E-state index is 0.491. The third-order valence-corrected chi connectivity index (χ3v) is 2.37. The second-order valence-electron chi connectivity index (χ2n) is 3.61. The predicted octanol–water partition coefficient (Wildman–Crippen LogP) is 1.97. The first kappa shape index (κ1) is 11.9. The third-order valence-electron chi connectivity index (χ3n) is 2.37. The van der Waals surface area contributed by atoms with Crippen LogP contribution in [-0.2, 0) is 6.54 Å². The Morgan fingerprint density at radius 3 is 2.83 bits per heavy atom. The monoisotopic (exact) mass is 240 g/mol. The molecule has 0 spiro atoms. The molecule has 0 fully saturated rings. The van der Waals surface area contributed by atoms with Crippen LogP contribution in [0, 0.1) is 11.3 Å². The molecule has 0 amide bonds. The summed E-state index contributed by atoms with van der Waals surface area (Å²) in [6.45, 7) is 0.547. The van der Waals surface area contributed by atoms with Gasteiger partial charge in [0.25, 0.3) is 0 Å². The highest BCUT2D eigenvalue weighted by atomic mass is 16.5. The molecule has 0 bridgehead atoms. The molecular weight excluding hydrogens is 228 g/mol. The molecule has 1 N–H and O–H groups in total. The number of benzene rings is 1. The number of nitrogens with one attached hydrogen (secondary N) is 1. The van der Waals surface area contributed by atoms with Gasteiger partial charge < -0.3 is 10.1 Å². The first-order valence-electron chi connectivity index (χ1n) is 5.42. The summed E-state index contributed by atoms with van der Waals surface area (Å²) < 4.78 is 4.93. The zero-order valence-corrected chi connectivity index (χ0v) is 9.92. The molecule has 90 valence electrons. The highest BCUT2D eigenvalue weighted by molar-refractivity contribution is 5.49. The average molecular weight is 240 g/mol. The molecule has 0 aliphatic rings. The van der Waals surface area contributed by atoms with Crippen LogP contribution in [0.15, 0.2) is 36.4 Å². The molecule has 1 aromatic carbocycles. The molecule has 0 aliphatic heterocycles. The van der Waals surface area contributed by atoms with E-state index in [2.05, 4.69) is 21.6 Å². The van der Waals surface area contributed by atoms with E-state index in [1.54, 1.807) is 25.3 Å². The number of nitriles is 1. The van der Waals surface area contributed by atoms with Crippen LogP contribution in [-0.4, -0.2) is 17.3 Å². The first-order valence-corrected chi connectivity index (χ1v) is 5.42. The maximum atomic E-state index is 8.79. The Morgan fingerprint density at radius 2 is 2.17 bits per heavy atom. The molecule has 1 heterocycles. The number of aromatic nitrogens is 2. The summed E-state index contributed by atoms with van der Waals surface area (Å²) in [5.41, 5.74) is 2.31. The van der Waals surface area contributed by atoms with Crippen LogP contribution < -0.4 is 10.1 Å². The van der Waals surface area contributed by atoms with Gasteiger partial charge in [0, 0.05) is 11.8 Å². The lowest BCUT2D eigenvalue weighted by molar-refractivity contribution is 0.391. The lowest BCUT2D eigenvalue weighted by atomic mass is 10.2. The van der Waals surface area contributed by atoms with Crippen LogP contribution in [0.5, 0.6) is 5.88 Å².